The van der Waals surface area contributed by atoms with Gasteiger partial charge in [-0.15, -0.1) is 0 Å². The summed E-state index contributed by atoms with van der Waals surface area (Å²) in [5, 5.41) is 2.99. The minimum absolute atomic E-state index is 0.156. The zero-order valence-electron chi connectivity index (χ0n) is 19.0. The number of benzene rings is 1. The summed E-state index contributed by atoms with van der Waals surface area (Å²) >= 11 is 0. The van der Waals surface area contributed by atoms with Gasteiger partial charge in [-0.3, -0.25) is 4.79 Å². The molecule has 0 atom stereocenters. The number of hydrogen-bond acceptors (Lipinski definition) is 4. The lowest BCUT2D eigenvalue weighted by atomic mass is 10.1. The van der Waals surface area contributed by atoms with Gasteiger partial charge in [0, 0.05) is 44.0 Å². The summed E-state index contributed by atoms with van der Waals surface area (Å²) in [6, 6.07) is 10.2. The van der Waals surface area contributed by atoms with Crippen molar-refractivity contribution in [3.05, 3.63) is 76.8 Å². The van der Waals surface area contributed by atoms with Crippen LogP contribution in [0.15, 0.2) is 47.1 Å². The number of carbonyl (C=O) groups is 1. The summed E-state index contributed by atoms with van der Waals surface area (Å²) in [7, 11) is 0. The number of piperazine rings is 1. The van der Waals surface area contributed by atoms with E-state index in [4.69, 9.17) is 4.42 Å². The molecule has 7 heteroatoms. The molecule has 4 rings (SSSR count). The van der Waals surface area contributed by atoms with Gasteiger partial charge in [0.25, 0.3) is 5.91 Å². The second-order valence-corrected chi connectivity index (χ2v) is 8.31. The quantitative estimate of drug-likeness (QED) is 0.607. The molecule has 1 aliphatic rings. The van der Waals surface area contributed by atoms with Crippen LogP contribution in [0.5, 0.6) is 0 Å². The standard InChI is InChI=1S/C25H31FN4O2/c1-4-28-10-12-29(13-11-28)23-18(2)24(25(31)27-16-22-9-6-14-32-22)30(19(23)3)17-20-7-5-8-21(26)15-20/h5-9,14-15H,4,10-13,16-17H2,1-3H3,(H,27,31). The molecular formula is C25H31FN4O2. The number of aromatic nitrogens is 1. The largest absolute Gasteiger partial charge is 0.467 e. The van der Waals surface area contributed by atoms with Crippen LogP contribution in [-0.2, 0) is 13.1 Å². The molecule has 0 aliphatic carbocycles. The lowest BCUT2D eigenvalue weighted by molar-refractivity contribution is 0.0938. The third-order valence-corrected chi connectivity index (χ3v) is 6.31. The first-order valence-electron chi connectivity index (χ1n) is 11.2. The van der Waals surface area contributed by atoms with Crippen molar-refractivity contribution in [2.24, 2.45) is 0 Å². The molecule has 32 heavy (non-hydrogen) atoms. The van der Waals surface area contributed by atoms with Crippen LogP contribution in [-0.4, -0.2) is 48.1 Å². The number of likely N-dealkylation sites (N-methyl/N-ethyl adjacent to an activating group) is 1. The van der Waals surface area contributed by atoms with Crippen molar-refractivity contribution in [1.82, 2.24) is 14.8 Å². The van der Waals surface area contributed by atoms with E-state index in [0.717, 1.165) is 55.2 Å². The molecule has 0 saturated carbocycles. The molecule has 1 saturated heterocycles. The molecule has 0 spiro atoms. The molecule has 3 heterocycles. The molecule has 1 amide bonds. The van der Waals surface area contributed by atoms with E-state index in [1.165, 1.54) is 12.1 Å². The molecule has 170 valence electrons. The topological polar surface area (TPSA) is 53.6 Å². The Labute approximate surface area is 188 Å². The minimum Gasteiger partial charge on any atom is -0.467 e. The third kappa shape index (κ3) is 4.58. The molecule has 3 aromatic rings. The molecule has 0 bridgehead atoms. The van der Waals surface area contributed by atoms with Crippen LogP contribution in [0.1, 0.15) is 40.0 Å². The highest BCUT2D eigenvalue weighted by molar-refractivity contribution is 5.96. The first-order valence-corrected chi connectivity index (χ1v) is 11.2. The van der Waals surface area contributed by atoms with Gasteiger partial charge in [-0.1, -0.05) is 19.1 Å². The Kier molecular flexibility index (Phi) is 6.65. The van der Waals surface area contributed by atoms with Crippen LogP contribution >= 0.6 is 0 Å². The van der Waals surface area contributed by atoms with E-state index >= 15 is 0 Å². The zero-order chi connectivity index (χ0) is 22.7. The molecule has 0 unspecified atom stereocenters. The monoisotopic (exact) mass is 438 g/mol. The highest BCUT2D eigenvalue weighted by Crippen LogP contribution is 2.32. The minimum atomic E-state index is -0.274. The molecule has 1 fully saturated rings. The highest BCUT2D eigenvalue weighted by Gasteiger charge is 2.27. The number of furan rings is 1. The van der Waals surface area contributed by atoms with Gasteiger partial charge in [0.05, 0.1) is 18.5 Å². The van der Waals surface area contributed by atoms with E-state index in [9.17, 15) is 9.18 Å². The summed E-state index contributed by atoms with van der Waals surface area (Å²) in [5.74, 6) is 0.271. The molecule has 6 nitrogen and oxygen atoms in total. The fourth-order valence-electron chi connectivity index (χ4n) is 4.61. The average Bonchev–Trinajstić information content (AvgIpc) is 3.39. The van der Waals surface area contributed by atoms with Gasteiger partial charge >= 0.3 is 0 Å². The zero-order valence-corrected chi connectivity index (χ0v) is 19.0. The predicted molar refractivity (Wildman–Crippen MR) is 124 cm³/mol. The maximum atomic E-state index is 13.8. The second kappa shape index (κ2) is 9.61. The fraction of sp³-hybridized carbons (Fsp3) is 0.400. The van der Waals surface area contributed by atoms with Gasteiger partial charge in [-0.05, 0) is 50.2 Å². The van der Waals surface area contributed by atoms with Gasteiger partial charge in [-0.25, -0.2) is 4.39 Å². The van der Waals surface area contributed by atoms with E-state index in [-0.39, 0.29) is 11.7 Å². The Morgan fingerprint density at radius 3 is 2.56 bits per heavy atom. The van der Waals surface area contributed by atoms with Crippen LogP contribution in [0.4, 0.5) is 10.1 Å². The maximum absolute atomic E-state index is 13.8. The van der Waals surface area contributed by atoms with E-state index in [2.05, 4.69) is 29.0 Å². The van der Waals surface area contributed by atoms with Gasteiger partial charge < -0.3 is 24.1 Å². The molecule has 1 N–H and O–H groups in total. The molecule has 1 aliphatic heterocycles. The van der Waals surface area contributed by atoms with E-state index < -0.39 is 0 Å². The first kappa shape index (κ1) is 22.1. The lowest BCUT2D eigenvalue weighted by Crippen LogP contribution is -2.46. The first-order chi connectivity index (χ1) is 15.5. The molecule has 1 aromatic carbocycles. The van der Waals surface area contributed by atoms with Crippen LogP contribution in [0.3, 0.4) is 0 Å². The summed E-state index contributed by atoms with van der Waals surface area (Å²) < 4.78 is 21.2. The number of amides is 1. The summed E-state index contributed by atoms with van der Waals surface area (Å²) in [6.45, 7) is 11.9. The van der Waals surface area contributed by atoms with Gasteiger partial charge in [-0.2, -0.15) is 0 Å². The number of hydrogen-bond donors (Lipinski definition) is 1. The smallest absolute Gasteiger partial charge is 0.268 e. The maximum Gasteiger partial charge on any atom is 0.268 e. The van der Waals surface area contributed by atoms with Crippen molar-refractivity contribution >= 4 is 11.6 Å². The van der Waals surface area contributed by atoms with Gasteiger partial charge in [0.15, 0.2) is 0 Å². The predicted octanol–water partition coefficient (Wildman–Crippen LogP) is 3.96. The summed E-state index contributed by atoms with van der Waals surface area (Å²) in [4.78, 5) is 18.1. The molecule has 2 aromatic heterocycles. The number of anilines is 1. The summed E-state index contributed by atoms with van der Waals surface area (Å²) in [6.07, 6.45) is 1.59. The lowest BCUT2D eigenvalue weighted by Gasteiger charge is -2.36. The second-order valence-electron chi connectivity index (χ2n) is 8.31. The molecular weight excluding hydrogens is 407 g/mol. The van der Waals surface area contributed by atoms with E-state index in [1.807, 2.05) is 23.6 Å². The number of rotatable bonds is 7. The Morgan fingerprint density at radius 1 is 1.12 bits per heavy atom. The molecule has 0 radical (unpaired) electrons. The van der Waals surface area contributed by atoms with Crippen molar-refractivity contribution < 1.29 is 13.6 Å². The van der Waals surface area contributed by atoms with E-state index in [0.29, 0.717) is 24.5 Å². The Balaban J connectivity index is 1.67. The van der Waals surface area contributed by atoms with Crippen molar-refractivity contribution in [2.75, 3.05) is 37.6 Å². The summed E-state index contributed by atoms with van der Waals surface area (Å²) in [5.41, 5.74) is 4.54. The van der Waals surface area contributed by atoms with Crippen LogP contribution in [0, 0.1) is 19.7 Å². The Hall–Kier alpha value is -3.06. The fourth-order valence-corrected chi connectivity index (χ4v) is 4.61. The Bertz CT molecular complexity index is 1070. The van der Waals surface area contributed by atoms with Crippen molar-refractivity contribution in [2.45, 2.75) is 33.9 Å². The van der Waals surface area contributed by atoms with Crippen molar-refractivity contribution in [3.8, 4) is 0 Å². The number of nitrogens with zero attached hydrogens (tertiary/aromatic N) is 3. The average molecular weight is 439 g/mol. The van der Waals surface area contributed by atoms with Gasteiger partial charge in [0.1, 0.15) is 17.3 Å². The van der Waals surface area contributed by atoms with Crippen LogP contribution < -0.4 is 10.2 Å². The van der Waals surface area contributed by atoms with E-state index in [1.54, 1.807) is 18.4 Å². The van der Waals surface area contributed by atoms with Crippen LogP contribution in [0.25, 0.3) is 0 Å². The number of halogens is 1. The number of nitrogens with one attached hydrogen (secondary N) is 1. The number of carbonyl (C=O) groups excluding carboxylic acids is 1. The highest BCUT2D eigenvalue weighted by atomic mass is 19.1. The normalized spacial score (nSPS) is 14.7. The SMILES string of the molecule is CCN1CCN(c2c(C)c(C(=O)NCc3ccco3)n(Cc3cccc(F)c3)c2C)CC1. The van der Waals surface area contributed by atoms with Crippen molar-refractivity contribution in [1.29, 1.82) is 0 Å². The third-order valence-electron chi connectivity index (χ3n) is 6.31. The Morgan fingerprint density at radius 2 is 1.91 bits per heavy atom. The van der Waals surface area contributed by atoms with Gasteiger partial charge in [0.2, 0.25) is 0 Å². The van der Waals surface area contributed by atoms with Crippen LogP contribution in [0.2, 0.25) is 0 Å². The van der Waals surface area contributed by atoms with Crippen molar-refractivity contribution in [3.63, 3.8) is 0 Å².